The molecule has 0 fully saturated rings. The second-order valence-corrected chi connectivity index (χ2v) is 5.18. The normalized spacial score (nSPS) is 10.5. The molecule has 1 heterocycles. The van der Waals surface area contributed by atoms with Crippen molar-refractivity contribution in [1.29, 1.82) is 0 Å². The highest BCUT2D eigenvalue weighted by Gasteiger charge is 2.14. The van der Waals surface area contributed by atoms with E-state index in [1.54, 1.807) is 0 Å². The van der Waals surface area contributed by atoms with Crippen molar-refractivity contribution in [3.05, 3.63) is 11.9 Å². The average Bonchev–Trinajstić information content (AvgIpc) is 2.36. The molecule has 0 spiro atoms. The van der Waals surface area contributed by atoms with Crippen LogP contribution in [-0.2, 0) is 4.79 Å². The molecule has 0 bridgehead atoms. The van der Waals surface area contributed by atoms with E-state index in [0.717, 1.165) is 30.2 Å². The smallest absolute Gasteiger partial charge is 0.239 e. The van der Waals surface area contributed by atoms with E-state index in [9.17, 15) is 4.79 Å². The molecule has 0 saturated carbocycles. The molecule has 0 unspecified atom stereocenters. The van der Waals surface area contributed by atoms with Gasteiger partial charge in [-0.1, -0.05) is 6.92 Å². The SMILES string of the molecule is CCCNc1ncnc(N(C)CC(=O)NC(C)C)c1C. The van der Waals surface area contributed by atoms with Crippen molar-refractivity contribution in [3.8, 4) is 0 Å². The summed E-state index contributed by atoms with van der Waals surface area (Å²) in [6.45, 7) is 9.11. The number of hydrogen-bond donors (Lipinski definition) is 2. The molecule has 0 aliphatic carbocycles. The second-order valence-electron chi connectivity index (χ2n) is 5.18. The van der Waals surface area contributed by atoms with Crippen molar-refractivity contribution in [2.24, 2.45) is 0 Å². The summed E-state index contributed by atoms with van der Waals surface area (Å²) in [7, 11) is 1.86. The van der Waals surface area contributed by atoms with Gasteiger partial charge in [-0.2, -0.15) is 0 Å². The molecule has 0 aliphatic heterocycles. The number of hydrogen-bond acceptors (Lipinski definition) is 5. The maximum absolute atomic E-state index is 11.8. The van der Waals surface area contributed by atoms with Crippen LogP contribution in [0.1, 0.15) is 32.8 Å². The van der Waals surface area contributed by atoms with Crippen molar-refractivity contribution in [1.82, 2.24) is 15.3 Å². The summed E-state index contributed by atoms with van der Waals surface area (Å²) in [5.41, 5.74) is 0.959. The molecule has 1 aromatic rings. The zero-order valence-electron chi connectivity index (χ0n) is 13.0. The molecule has 0 atom stereocenters. The predicted molar refractivity (Wildman–Crippen MR) is 82.1 cm³/mol. The number of nitrogens with zero attached hydrogens (tertiary/aromatic N) is 3. The highest BCUT2D eigenvalue weighted by molar-refractivity contribution is 5.81. The van der Waals surface area contributed by atoms with Gasteiger partial charge in [-0.05, 0) is 27.2 Å². The number of amides is 1. The largest absolute Gasteiger partial charge is 0.370 e. The first-order chi connectivity index (χ1) is 9.45. The zero-order valence-corrected chi connectivity index (χ0v) is 13.0. The topological polar surface area (TPSA) is 70.2 Å². The fraction of sp³-hybridized carbons (Fsp3) is 0.643. The maximum Gasteiger partial charge on any atom is 0.239 e. The second kappa shape index (κ2) is 7.67. The first kappa shape index (κ1) is 16.2. The number of anilines is 2. The van der Waals surface area contributed by atoms with Crippen LogP contribution >= 0.6 is 0 Å². The summed E-state index contributed by atoms with van der Waals surface area (Å²) in [5, 5.41) is 6.14. The minimum atomic E-state index is -0.0106. The Morgan fingerprint density at radius 1 is 1.40 bits per heavy atom. The summed E-state index contributed by atoms with van der Waals surface area (Å²) in [6.07, 6.45) is 2.56. The van der Waals surface area contributed by atoms with Gasteiger partial charge in [-0.3, -0.25) is 4.79 Å². The lowest BCUT2D eigenvalue weighted by Crippen LogP contribution is -2.39. The quantitative estimate of drug-likeness (QED) is 0.793. The third-order valence-corrected chi connectivity index (χ3v) is 2.79. The standard InChI is InChI=1S/C14H25N5O/c1-6-7-15-13-11(4)14(17-9-16-13)19(5)8-12(20)18-10(2)3/h9-10H,6-8H2,1-5H3,(H,18,20)(H,15,16,17). The van der Waals surface area contributed by atoms with E-state index in [1.165, 1.54) is 6.33 Å². The lowest BCUT2D eigenvalue weighted by atomic mass is 10.3. The predicted octanol–water partition coefficient (Wildman–Crippen LogP) is 1.57. The fourth-order valence-electron chi connectivity index (χ4n) is 1.91. The van der Waals surface area contributed by atoms with E-state index in [1.807, 2.05) is 32.7 Å². The average molecular weight is 279 g/mol. The summed E-state index contributed by atoms with van der Waals surface area (Å²) in [5.74, 6) is 1.59. The third kappa shape index (κ3) is 4.68. The van der Waals surface area contributed by atoms with Gasteiger partial charge in [0.05, 0.1) is 6.54 Å². The minimum Gasteiger partial charge on any atom is -0.370 e. The van der Waals surface area contributed by atoms with Crippen LogP contribution in [0.15, 0.2) is 6.33 Å². The van der Waals surface area contributed by atoms with Crippen LogP contribution in [0.3, 0.4) is 0 Å². The summed E-state index contributed by atoms with van der Waals surface area (Å²) < 4.78 is 0. The van der Waals surface area contributed by atoms with Crippen molar-refractivity contribution >= 4 is 17.5 Å². The number of carbonyl (C=O) groups excluding carboxylic acids is 1. The number of aromatic nitrogens is 2. The molecular formula is C14H25N5O. The minimum absolute atomic E-state index is 0.0106. The first-order valence-electron chi connectivity index (χ1n) is 7.01. The van der Waals surface area contributed by atoms with Gasteiger partial charge < -0.3 is 15.5 Å². The van der Waals surface area contributed by atoms with Crippen molar-refractivity contribution in [3.63, 3.8) is 0 Å². The van der Waals surface area contributed by atoms with Gasteiger partial charge >= 0.3 is 0 Å². The van der Waals surface area contributed by atoms with Gasteiger partial charge in [-0.15, -0.1) is 0 Å². The highest BCUT2D eigenvalue weighted by Crippen LogP contribution is 2.20. The highest BCUT2D eigenvalue weighted by atomic mass is 16.2. The lowest BCUT2D eigenvalue weighted by molar-refractivity contribution is -0.120. The molecule has 0 radical (unpaired) electrons. The molecule has 1 rings (SSSR count). The van der Waals surface area contributed by atoms with Gasteiger partial charge in [0, 0.05) is 25.2 Å². The van der Waals surface area contributed by atoms with Gasteiger partial charge in [0.15, 0.2) is 0 Å². The van der Waals surface area contributed by atoms with Gasteiger partial charge in [0.25, 0.3) is 0 Å². The first-order valence-corrected chi connectivity index (χ1v) is 7.01. The Morgan fingerprint density at radius 2 is 2.10 bits per heavy atom. The maximum atomic E-state index is 11.8. The van der Waals surface area contributed by atoms with Crippen molar-refractivity contribution in [2.75, 3.05) is 30.4 Å². The summed E-state index contributed by atoms with van der Waals surface area (Å²) >= 11 is 0. The molecule has 112 valence electrons. The number of nitrogens with one attached hydrogen (secondary N) is 2. The Kier molecular flexibility index (Phi) is 6.21. The van der Waals surface area contributed by atoms with Gasteiger partial charge in [0.1, 0.15) is 18.0 Å². The third-order valence-electron chi connectivity index (χ3n) is 2.79. The Morgan fingerprint density at radius 3 is 2.70 bits per heavy atom. The zero-order chi connectivity index (χ0) is 15.1. The van der Waals surface area contributed by atoms with Crippen LogP contribution in [0.5, 0.6) is 0 Å². The van der Waals surface area contributed by atoms with E-state index in [0.29, 0.717) is 0 Å². The molecule has 2 N–H and O–H groups in total. The van der Waals surface area contributed by atoms with Crippen LogP contribution in [0, 0.1) is 6.92 Å². The monoisotopic (exact) mass is 279 g/mol. The Balaban J connectivity index is 2.77. The van der Waals surface area contributed by atoms with Gasteiger partial charge in [-0.25, -0.2) is 9.97 Å². The Hall–Kier alpha value is -1.85. The molecular weight excluding hydrogens is 254 g/mol. The fourth-order valence-corrected chi connectivity index (χ4v) is 1.91. The van der Waals surface area contributed by atoms with Crippen LogP contribution in [0.4, 0.5) is 11.6 Å². The Labute approximate surface area is 121 Å². The molecule has 1 amide bonds. The van der Waals surface area contributed by atoms with E-state index in [4.69, 9.17) is 0 Å². The van der Waals surface area contributed by atoms with E-state index >= 15 is 0 Å². The van der Waals surface area contributed by atoms with Crippen LogP contribution in [0.25, 0.3) is 0 Å². The van der Waals surface area contributed by atoms with Crippen molar-refractivity contribution < 1.29 is 4.79 Å². The molecule has 1 aromatic heterocycles. The molecule has 0 aromatic carbocycles. The van der Waals surface area contributed by atoms with E-state index < -0.39 is 0 Å². The van der Waals surface area contributed by atoms with Gasteiger partial charge in [0.2, 0.25) is 5.91 Å². The van der Waals surface area contributed by atoms with E-state index in [-0.39, 0.29) is 18.5 Å². The molecule has 6 nitrogen and oxygen atoms in total. The lowest BCUT2D eigenvalue weighted by Gasteiger charge is -2.21. The summed E-state index contributed by atoms with van der Waals surface area (Å²) in [4.78, 5) is 22.1. The summed E-state index contributed by atoms with van der Waals surface area (Å²) in [6, 6.07) is 0.143. The van der Waals surface area contributed by atoms with Crippen molar-refractivity contribution in [2.45, 2.75) is 40.2 Å². The van der Waals surface area contributed by atoms with Crippen LogP contribution in [0.2, 0.25) is 0 Å². The molecule has 20 heavy (non-hydrogen) atoms. The number of carbonyl (C=O) groups is 1. The number of rotatable bonds is 7. The van der Waals surface area contributed by atoms with E-state index in [2.05, 4.69) is 27.5 Å². The molecule has 0 aliphatic rings. The molecule has 0 saturated heterocycles. The molecule has 6 heteroatoms. The Bertz CT molecular complexity index is 447. The number of likely N-dealkylation sites (N-methyl/N-ethyl adjacent to an activating group) is 1. The van der Waals surface area contributed by atoms with Crippen LogP contribution < -0.4 is 15.5 Å². The van der Waals surface area contributed by atoms with Crippen LogP contribution in [-0.4, -0.2) is 42.1 Å².